The Hall–Kier alpha value is -1.98. The predicted octanol–water partition coefficient (Wildman–Crippen LogP) is 3.89. The van der Waals surface area contributed by atoms with Crippen LogP contribution in [0.15, 0.2) is 42.5 Å². The Kier molecular flexibility index (Phi) is 2.70. The van der Waals surface area contributed by atoms with Gasteiger partial charge in [-0.05, 0) is 29.3 Å². The fourth-order valence-corrected chi connectivity index (χ4v) is 2.47. The molecule has 1 atom stereocenters. The molecule has 0 fully saturated rings. The van der Waals surface area contributed by atoms with Crippen molar-refractivity contribution < 1.29 is 4.74 Å². The maximum atomic E-state index is 9.45. The highest BCUT2D eigenvalue weighted by Gasteiger charge is 2.24. The van der Waals surface area contributed by atoms with Gasteiger partial charge >= 0.3 is 0 Å². The molecule has 0 spiro atoms. The molecule has 1 heterocycles. The van der Waals surface area contributed by atoms with Crippen LogP contribution in [0.2, 0.25) is 5.02 Å². The molecular formula is C15H10ClNO. The maximum Gasteiger partial charge on any atom is 0.124 e. The molecule has 0 bridgehead atoms. The van der Waals surface area contributed by atoms with Gasteiger partial charge < -0.3 is 4.74 Å². The van der Waals surface area contributed by atoms with Crippen LogP contribution in [0.5, 0.6) is 5.75 Å². The van der Waals surface area contributed by atoms with Crippen molar-refractivity contribution in [1.29, 1.82) is 5.26 Å². The minimum absolute atomic E-state index is 0.322. The summed E-state index contributed by atoms with van der Waals surface area (Å²) in [6, 6.07) is 15.6. The molecule has 3 rings (SSSR count). The zero-order valence-electron chi connectivity index (χ0n) is 9.56. The number of nitrogens with zero attached hydrogens (tertiary/aromatic N) is 1. The minimum Gasteiger partial charge on any atom is -0.489 e. The third kappa shape index (κ3) is 1.73. The van der Waals surface area contributed by atoms with Crippen LogP contribution in [0.3, 0.4) is 0 Å². The summed E-state index contributed by atoms with van der Waals surface area (Å²) in [6.45, 7) is 0.489. The van der Waals surface area contributed by atoms with Crippen molar-refractivity contribution in [3.05, 3.63) is 64.2 Å². The lowest BCUT2D eigenvalue weighted by atomic mass is 9.90. The Morgan fingerprint density at radius 2 is 2.00 bits per heavy atom. The molecule has 88 valence electrons. The Morgan fingerprint density at radius 1 is 1.17 bits per heavy atom. The number of nitriles is 1. The zero-order chi connectivity index (χ0) is 12.5. The fraction of sp³-hybridized carbons (Fsp3) is 0.133. The Balaban J connectivity index is 2.24. The number of benzene rings is 2. The molecule has 2 aromatic rings. The molecule has 0 saturated heterocycles. The lowest BCUT2D eigenvalue weighted by Gasteiger charge is -2.11. The molecule has 1 unspecified atom stereocenters. The summed E-state index contributed by atoms with van der Waals surface area (Å²) in [7, 11) is 0. The van der Waals surface area contributed by atoms with Crippen molar-refractivity contribution in [2.45, 2.75) is 12.5 Å². The number of hydrogen-bond acceptors (Lipinski definition) is 2. The average Bonchev–Trinajstić information content (AvgIpc) is 2.54. The summed E-state index contributed by atoms with van der Waals surface area (Å²) in [5.74, 6) is 0.416. The summed E-state index contributed by atoms with van der Waals surface area (Å²) in [4.78, 5) is 0. The SMILES string of the molecule is N#CC1c2ccccc2COc2ccc(Cl)cc21. The number of rotatable bonds is 0. The predicted molar refractivity (Wildman–Crippen MR) is 69.7 cm³/mol. The molecular weight excluding hydrogens is 246 g/mol. The molecule has 3 heteroatoms. The fourth-order valence-electron chi connectivity index (χ4n) is 2.29. The molecule has 0 aliphatic carbocycles. The highest BCUT2D eigenvalue weighted by Crippen LogP contribution is 2.38. The highest BCUT2D eigenvalue weighted by atomic mass is 35.5. The third-order valence-electron chi connectivity index (χ3n) is 3.16. The van der Waals surface area contributed by atoms with Crippen molar-refractivity contribution >= 4 is 11.6 Å². The number of halogens is 1. The second kappa shape index (κ2) is 4.36. The summed E-state index contributed by atoms with van der Waals surface area (Å²) < 4.78 is 5.75. The molecule has 0 N–H and O–H groups in total. The molecule has 1 aliphatic rings. The van der Waals surface area contributed by atoms with E-state index in [4.69, 9.17) is 16.3 Å². The van der Waals surface area contributed by atoms with Gasteiger partial charge in [-0.25, -0.2) is 0 Å². The average molecular weight is 256 g/mol. The van der Waals surface area contributed by atoms with E-state index in [1.54, 1.807) is 6.07 Å². The molecule has 1 aliphatic heterocycles. The lowest BCUT2D eigenvalue weighted by Crippen LogP contribution is -1.99. The number of hydrogen-bond donors (Lipinski definition) is 0. The highest BCUT2D eigenvalue weighted by molar-refractivity contribution is 6.30. The van der Waals surface area contributed by atoms with Crippen LogP contribution in [-0.4, -0.2) is 0 Å². The molecule has 18 heavy (non-hydrogen) atoms. The van der Waals surface area contributed by atoms with Gasteiger partial charge in [0.1, 0.15) is 18.3 Å². The molecule has 0 amide bonds. The van der Waals surface area contributed by atoms with Crippen molar-refractivity contribution in [2.75, 3.05) is 0 Å². The van der Waals surface area contributed by atoms with E-state index in [1.165, 1.54) is 0 Å². The molecule has 0 saturated carbocycles. The van der Waals surface area contributed by atoms with Crippen molar-refractivity contribution in [1.82, 2.24) is 0 Å². The van der Waals surface area contributed by atoms with E-state index in [0.717, 1.165) is 22.4 Å². The first kappa shape index (κ1) is 11.1. The first-order chi connectivity index (χ1) is 8.79. The monoisotopic (exact) mass is 255 g/mol. The minimum atomic E-state index is -0.322. The van der Waals surface area contributed by atoms with Crippen LogP contribution in [0.1, 0.15) is 22.6 Å². The van der Waals surface area contributed by atoms with Crippen LogP contribution >= 0.6 is 11.6 Å². The van der Waals surface area contributed by atoms with Gasteiger partial charge in [0.2, 0.25) is 0 Å². The van der Waals surface area contributed by atoms with E-state index >= 15 is 0 Å². The second-order valence-corrected chi connectivity index (χ2v) is 4.67. The van der Waals surface area contributed by atoms with Crippen LogP contribution in [0.4, 0.5) is 0 Å². The lowest BCUT2D eigenvalue weighted by molar-refractivity contribution is 0.307. The standard InChI is InChI=1S/C15H10ClNO/c16-11-5-6-15-13(7-11)14(8-17)12-4-2-1-3-10(12)9-18-15/h1-7,14H,9H2. The summed E-state index contributed by atoms with van der Waals surface area (Å²) in [5.41, 5.74) is 2.90. The smallest absolute Gasteiger partial charge is 0.124 e. The van der Waals surface area contributed by atoms with Gasteiger partial charge in [-0.2, -0.15) is 5.26 Å². The van der Waals surface area contributed by atoms with Gasteiger partial charge in [-0.1, -0.05) is 35.9 Å². The normalized spacial score (nSPS) is 16.8. The van der Waals surface area contributed by atoms with Gasteiger partial charge in [0.05, 0.1) is 6.07 Å². The number of fused-ring (bicyclic) bond motifs is 2. The topological polar surface area (TPSA) is 33.0 Å². The van der Waals surface area contributed by atoms with Gasteiger partial charge in [0, 0.05) is 10.6 Å². The first-order valence-corrected chi connectivity index (χ1v) is 6.07. The number of ether oxygens (including phenoxy) is 1. The van der Waals surface area contributed by atoms with Crippen LogP contribution in [0, 0.1) is 11.3 Å². The third-order valence-corrected chi connectivity index (χ3v) is 3.40. The van der Waals surface area contributed by atoms with E-state index in [1.807, 2.05) is 36.4 Å². The molecule has 2 aromatic carbocycles. The van der Waals surface area contributed by atoms with Gasteiger partial charge in [-0.3, -0.25) is 0 Å². The van der Waals surface area contributed by atoms with Crippen molar-refractivity contribution in [3.63, 3.8) is 0 Å². The zero-order valence-corrected chi connectivity index (χ0v) is 10.3. The van der Waals surface area contributed by atoms with E-state index in [2.05, 4.69) is 6.07 Å². The Labute approximate surface area is 110 Å². The Bertz CT molecular complexity index is 645. The molecule has 2 nitrogen and oxygen atoms in total. The Morgan fingerprint density at radius 3 is 2.83 bits per heavy atom. The first-order valence-electron chi connectivity index (χ1n) is 5.69. The van der Waals surface area contributed by atoms with Gasteiger partial charge in [0.15, 0.2) is 0 Å². The molecule has 0 radical (unpaired) electrons. The second-order valence-electron chi connectivity index (χ2n) is 4.23. The van der Waals surface area contributed by atoms with E-state index in [-0.39, 0.29) is 5.92 Å². The van der Waals surface area contributed by atoms with Crippen molar-refractivity contribution in [2.24, 2.45) is 0 Å². The van der Waals surface area contributed by atoms with E-state index < -0.39 is 0 Å². The summed E-state index contributed by atoms with van der Waals surface area (Å²) in [6.07, 6.45) is 0. The van der Waals surface area contributed by atoms with E-state index in [9.17, 15) is 5.26 Å². The van der Waals surface area contributed by atoms with Gasteiger partial charge in [0.25, 0.3) is 0 Å². The van der Waals surface area contributed by atoms with Crippen molar-refractivity contribution in [3.8, 4) is 11.8 Å². The van der Waals surface area contributed by atoms with E-state index in [0.29, 0.717) is 11.6 Å². The quantitative estimate of drug-likeness (QED) is 0.716. The van der Waals surface area contributed by atoms with Crippen LogP contribution in [0.25, 0.3) is 0 Å². The van der Waals surface area contributed by atoms with Crippen LogP contribution in [-0.2, 0) is 6.61 Å². The summed E-state index contributed by atoms with van der Waals surface area (Å²) >= 11 is 6.01. The summed E-state index contributed by atoms with van der Waals surface area (Å²) in [5, 5.41) is 10.1. The molecule has 0 aromatic heterocycles. The van der Waals surface area contributed by atoms with Gasteiger partial charge in [-0.15, -0.1) is 0 Å². The maximum absolute atomic E-state index is 9.45. The van der Waals surface area contributed by atoms with Crippen LogP contribution < -0.4 is 4.74 Å². The largest absolute Gasteiger partial charge is 0.489 e.